The van der Waals surface area contributed by atoms with Crippen molar-refractivity contribution in [2.24, 2.45) is 5.92 Å². The van der Waals surface area contributed by atoms with E-state index in [-0.39, 0.29) is 11.5 Å². The molecule has 8 nitrogen and oxygen atoms in total. The lowest BCUT2D eigenvalue weighted by Crippen LogP contribution is -2.36. The summed E-state index contributed by atoms with van der Waals surface area (Å²) in [7, 11) is 1.33. The molecule has 0 bridgehead atoms. The number of hydrogen-bond acceptors (Lipinski definition) is 7. The van der Waals surface area contributed by atoms with Crippen LogP contribution in [0.2, 0.25) is 0 Å². The van der Waals surface area contributed by atoms with E-state index in [2.05, 4.69) is 46.6 Å². The Bertz CT molecular complexity index is 1360. The maximum atomic E-state index is 11.4. The number of carboxylic acid groups (broad SMARTS) is 1. The summed E-state index contributed by atoms with van der Waals surface area (Å²) in [4.78, 5) is 18.6. The van der Waals surface area contributed by atoms with Gasteiger partial charge in [0.2, 0.25) is 5.88 Å². The number of methoxy groups -OCH3 is 1. The highest BCUT2D eigenvalue weighted by molar-refractivity contribution is 6.08. The monoisotopic (exact) mass is 542 g/mol. The van der Waals surface area contributed by atoms with E-state index in [1.165, 1.54) is 44.0 Å². The number of carbonyl (C=O) groups is 1. The second-order valence-electron chi connectivity index (χ2n) is 10.3. The Morgan fingerprint density at radius 1 is 1.27 bits per heavy atom. The smallest absolute Gasteiger partial charge is 0.342 e. The number of fused-ring (bicyclic) bond motifs is 1. The number of pyridine rings is 1. The van der Waals surface area contributed by atoms with Crippen LogP contribution >= 0.6 is 0 Å². The molecule has 0 unspecified atom stereocenters. The average Bonchev–Trinajstić information content (AvgIpc) is 2.92. The van der Waals surface area contributed by atoms with Crippen LogP contribution in [0.5, 0.6) is 0 Å². The van der Waals surface area contributed by atoms with Crippen LogP contribution < -0.4 is 5.32 Å². The molecule has 0 radical (unpaired) electrons. The van der Waals surface area contributed by atoms with E-state index in [0.717, 1.165) is 36.6 Å². The van der Waals surface area contributed by atoms with Crippen molar-refractivity contribution in [3.05, 3.63) is 101 Å². The van der Waals surface area contributed by atoms with Crippen LogP contribution in [-0.4, -0.2) is 47.4 Å². The summed E-state index contributed by atoms with van der Waals surface area (Å²) in [5.41, 5.74) is 5.53. The number of rotatable bonds is 13. The van der Waals surface area contributed by atoms with Crippen molar-refractivity contribution in [2.45, 2.75) is 45.8 Å². The van der Waals surface area contributed by atoms with Gasteiger partial charge in [0.25, 0.3) is 0 Å². The molecular formula is C32H38N4O4. The predicted octanol–water partition coefficient (Wildman–Crippen LogP) is 5.93. The predicted molar refractivity (Wildman–Crippen MR) is 158 cm³/mol. The van der Waals surface area contributed by atoms with Crippen molar-refractivity contribution in [2.75, 3.05) is 25.5 Å². The molecule has 0 spiro atoms. The number of anilines is 1. The first-order valence-electron chi connectivity index (χ1n) is 13.6. The van der Waals surface area contributed by atoms with Crippen LogP contribution in [0.3, 0.4) is 0 Å². The molecule has 0 amide bonds. The second kappa shape index (κ2) is 13.3. The van der Waals surface area contributed by atoms with Gasteiger partial charge in [0.05, 0.1) is 12.8 Å². The highest BCUT2D eigenvalue weighted by atomic mass is 16.5. The van der Waals surface area contributed by atoms with Crippen LogP contribution in [0.1, 0.15) is 48.6 Å². The molecule has 4 rings (SSSR count). The standard InChI is InChI=1S/C32H38N4O4/c1-5-26(28-10-7-11-29(34-28)35-31(39-4)27(17-33)32(37)38)30(21(2)3)40-20-23-12-13-25-19-36(15-14-24(25)16-23)18-22-8-6-9-22/h5,7,10-13,16-17,22,33H,1-2,6,8-9,14-15,18-20H2,3-4H3,(H,34,35)(H,37,38)/b30-26-,31-27-,33-17?. The summed E-state index contributed by atoms with van der Waals surface area (Å²) in [6, 6.07) is 11.9. The zero-order chi connectivity index (χ0) is 28.6. The maximum absolute atomic E-state index is 11.4. The minimum Gasteiger partial charge on any atom is -0.488 e. The number of aromatic nitrogens is 1. The van der Waals surface area contributed by atoms with E-state index in [1.54, 1.807) is 18.2 Å². The van der Waals surface area contributed by atoms with Gasteiger partial charge in [0.15, 0.2) is 0 Å². The van der Waals surface area contributed by atoms with Gasteiger partial charge in [-0.1, -0.05) is 49.9 Å². The van der Waals surface area contributed by atoms with Crippen molar-refractivity contribution in [1.82, 2.24) is 9.88 Å². The van der Waals surface area contributed by atoms with Crippen molar-refractivity contribution in [1.29, 1.82) is 5.41 Å². The number of nitrogens with zero attached hydrogens (tertiary/aromatic N) is 2. The molecule has 0 saturated heterocycles. The number of nitrogens with one attached hydrogen (secondary N) is 2. The molecule has 40 heavy (non-hydrogen) atoms. The van der Waals surface area contributed by atoms with Gasteiger partial charge in [0.1, 0.15) is 23.8 Å². The van der Waals surface area contributed by atoms with Gasteiger partial charge in [-0.15, -0.1) is 0 Å². The first-order chi connectivity index (χ1) is 19.3. The van der Waals surface area contributed by atoms with E-state index in [0.29, 0.717) is 35.7 Å². The van der Waals surface area contributed by atoms with E-state index < -0.39 is 5.97 Å². The molecule has 0 atom stereocenters. The molecule has 1 aromatic heterocycles. The lowest BCUT2D eigenvalue weighted by atomic mass is 9.84. The van der Waals surface area contributed by atoms with Crippen molar-refractivity contribution >= 4 is 23.6 Å². The Labute approximate surface area is 236 Å². The molecule has 3 N–H and O–H groups in total. The van der Waals surface area contributed by atoms with Crippen molar-refractivity contribution in [3.63, 3.8) is 0 Å². The highest BCUT2D eigenvalue weighted by Gasteiger charge is 2.24. The molecule has 2 heterocycles. The van der Waals surface area contributed by atoms with Crippen LogP contribution in [-0.2, 0) is 33.8 Å². The third-order valence-electron chi connectivity index (χ3n) is 7.41. The average molecular weight is 543 g/mol. The second-order valence-corrected chi connectivity index (χ2v) is 10.3. The summed E-state index contributed by atoms with van der Waals surface area (Å²) in [5.74, 6) is 0.433. The first-order valence-corrected chi connectivity index (χ1v) is 13.6. The largest absolute Gasteiger partial charge is 0.488 e. The topological polar surface area (TPSA) is 108 Å². The Balaban J connectivity index is 1.51. The molecular weight excluding hydrogens is 504 g/mol. The van der Waals surface area contributed by atoms with Crippen LogP contribution in [0.25, 0.3) is 5.57 Å². The van der Waals surface area contributed by atoms with Crippen LogP contribution in [0.15, 0.2) is 78.4 Å². The van der Waals surface area contributed by atoms with Gasteiger partial charge < -0.3 is 25.3 Å². The molecule has 2 aromatic rings. The highest BCUT2D eigenvalue weighted by Crippen LogP contribution is 2.30. The Morgan fingerprint density at radius 3 is 2.70 bits per heavy atom. The maximum Gasteiger partial charge on any atom is 0.342 e. The molecule has 1 aliphatic heterocycles. The minimum atomic E-state index is -1.28. The molecule has 8 heteroatoms. The summed E-state index contributed by atoms with van der Waals surface area (Å²) >= 11 is 0. The molecule has 2 aliphatic rings. The van der Waals surface area contributed by atoms with Gasteiger partial charge in [0, 0.05) is 31.4 Å². The fraction of sp³-hybridized carbons (Fsp3) is 0.344. The van der Waals surface area contributed by atoms with Gasteiger partial charge in [-0.2, -0.15) is 0 Å². The summed E-state index contributed by atoms with van der Waals surface area (Å²) in [6.07, 6.45) is 7.58. The Morgan fingerprint density at radius 2 is 2.08 bits per heavy atom. The normalized spacial score (nSPS) is 16.4. The first kappa shape index (κ1) is 28.8. The number of aliphatic carboxylic acids is 1. The molecule has 210 valence electrons. The summed E-state index contributed by atoms with van der Waals surface area (Å²) in [6.45, 7) is 13.7. The Kier molecular flexibility index (Phi) is 9.56. The van der Waals surface area contributed by atoms with Gasteiger partial charge in [-0.05, 0) is 66.5 Å². The number of ether oxygens (including phenoxy) is 2. The van der Waals surface area contributed by atoms with Gasteiger partial charge in [-0.3, -0.25) is 4.90 Å². The van der Waals surface area contributed by atoms with E-state index >= 15 is 0 Å². The number of carboxylic acids is 1. The van der Waals surface area contributed by atoms with Crippen LogP contribution in [0.4, 0.5) is 5.82 Å². The number of hydrogen-bond donors (Lipinski definition) is 3. The fourth-order valence-electron chi connectivity index (χ4n) is 5.07. The minimum absolute atomic E-state index is 0.0915. The van der Waals surface area contributed by atoms with E-state index in [9.17, 15) is 9.90 Å². The lowest BCUT2D eigenvalue weighted by Gasteiger charge is -2.35. The lowest BCUT2D eigenvalue weighted by molar-refractivity contribution is -0.132. The SMILES string of the molecule is C=C/C(=C(/OCc1ccc2c(c1)CCN(CC1CCC1)C2)C(=C)C)c1cccc(N/C(OC)=C(\C=N)C(=O)O)n1. The van der Waals surface area contributed by atoms with Gasteiger partial charge >= 0.3 is 5.97 Å². The third kappa shape index (κ3) is 6.87. The molecule has 1 fully saturated rings. The number of allylic oxidation sites excluding steroid dienone is 3. The number of benzene rings is 1. The van der Waals surface area contributed by atoms with E-state index in [1.807, 2.05) is 13.0 Å². The summed E-state index contributed by atoms with van der Waals surface area (Å²) < 4.78 is 11.5. The zero-order valence-corrected chi connectivity index (χ0v) is 23.3. The Hall–Kier alpha value is -4.17. The van der Waals surface area contributed by atoms with Gasteiger partial charge in [-0.25, -0.2) is 9.78 Å². The fourth-order valence-corrected chi connectivity index (χ4v) is 5.07. The summed E-state index contributed by atoms with van der Waals surface area (Å²) in [5, 5.41) is 19.6. The quantitative estimate of drug-likeness (QED) is 0.125. The third-order valence-corrected chi connectivity index (χ3v) is 7.41. The molecule has 1 aromatic carbocycles. The van der Waals surface area contributed by atoms with Crippen molar-refractivity contribution < 1.29 is 19.4 Å². The molecule has 1 saturated carbocycles. The zero-order valence-electron chi connectivity index (χ0n) is 23.3. The van der Waals surface area contributed by atoms with Crippen LogP contribution in [0, 0.1) is 11.3 Å². The molecule has 1 aliphatic carbocycles. The van der Waals surface area contributed by atoms with E-state index in [4.69, 9.17) is 14.9 Å². The van der Waals surface area contributed by atoms with Crippen molar-refractivity contribution in [3.8, 4) is 0 Å².